The van der Waals surface area contributed by atoms with Crippen LogP contribution in [0, 0.1) is 22.7 Å². The molecule has 2 bridgehead atoms. The molecule has 3 rings (SSSR count). The Morgan fingerprint density at radius 1 is 0.864 bits per heavy atom. The lowest BCUT2D eigenvalue weighted by molar-refractivity contribution is -0.250. The number of hydrogen-bond donors (Lipinski definition) is 2. The Morgan fingerprint density at radius 3 is 1.93 bits per heavy atom. The Morgan fingerprint density at radius 2 is 1.45 bits per heavy atom. The molecule has 246 valence electrons. The fourth-order valence-electron chi connectivity index (χ4n) is 7.71. The predicted octanol–water partition coefficient (Wildman–Crippen LogP) is 1.73. The smallest absolute Gasteiger partial charge is 0.305 e. The van der Waals surface area contributed by atoms with Gasteiger partial charge in [0.25, 0.3) is 0 Å². The first-order valence-corrected chi connectivity index (χ1v) is 14.7. The molecule has 3 aliphatic carbocycles. The fraction of sp³-hybridized carbons (Fsp3) is 0.742. The van der Waals surface area contributed by atoms with Gasteiger partial charge in [0, 0.05) is 45.4 Å². The van der Waals surface area contributed by atoms with E-state index in [4.69, 9.17) is 23.7 Å². The average Bonchev–Trinajstić information content (AvgIpc) is 3.12. The zero-order valence-electron chi connectivity index (χ0n) is 26.7. The summed E-state index contributed by atoms with van der Waals surface area (Å²) < 4.78 is 29.4. The molecule has 2 fully saturated rings. The number of hydrogen-bond acceptors (Lipinski definition) is 13. The van der Waals surface area contributed by atoms with Crippen molar-refractivity contribution in [1.82, 2.24) is 0 Å². The van der Waals surface area contributed by atoms with E-state index in [9.17, 15) is 39.0 Å². The lowest BCUT2D eigenvalue weighted by Gasteiger charge is -2.52. The van der Waals surface area contributed by atoms with Gasteiger partial charge in [-0.1, -0.05) is 32.9 Å². The molecule has 0 aromatic heterocycles. The third kappa shape index (κ3) is 5.53. The van der Waals surface area contributed by atoms with E-state index < -0.39 is 100 Å². The molecule has 0 saturated heterocycles. The quantitative estimate of drug-likeness (QED) is 0.203. The van der Waals surface area contributed by atoms with Gasteiger partial charge in [0.2, 0.25) is 0 Å². The van der Waals surface area contributed by atoms with Crippen LogP contribution in [0.2, 0.25) is 0 Å². The highest BCUT2D eigenvalue weighted by Crippen LogP contribution is 2.63. The van der Waals surface area contributed by atoms with Crippen molar-refractivity contribution in [2.75, 3.05) is 0 Å². The van der Waals surface area contributed by atoms with E-state index in [1.54, 1.807) is 6.08 Å². The highest BCUT2D eigenvalue weighted by molar-refractivity contribution is 5.81. The summed E-state index contributed by atoms with van der Waals surface area (Å²) in [6, 6.07) is 0. The first kappa shape index (κ1) is 35.2. The van der Waals surface area contributed by atoms with Crippen LogP contribution in [-0.2, 0) is 52.5 Å². The summed E-state index contributed by atoms with van der Waals surface area (Å²) in [7, 11) is 0. The maximum atomic E-state index is 13.2. The van der Waals surface area contributed by atoms with Crippen LogP contribution >= 0.6 is 0 Å². The molecule has 13 nitrogen and oxygen atoms in total. The van der Waals surface area contributed by atoms with Gasteiger partial charge in [0.15, 0.2) is 23.9 Å². The van der Waals surface area contributed by atoms with E-state index in [-0.39, 0.29) is 19.3 Å². The van der Waals surface area contributed by atoms with Crippen LogP contribution in [0.5, 0.6) is 0 Å². The summed E-state index contributed by atoms with van der Waals surface area (Å²) in [6.07, 6.45) is -4.89. The normalized spacial score (nSPS) is 36.5. The molecule has 0 amide bonds. The number of carbonyl (C=O) groups excluding carboxylic acids is 6. The average molecular weight is 625 g/mol. The van der Waals surface area contributed by atoms with Crippen molar-refractivity contribution in [3.05, 3.63) is 12.2 Å². The number of aliphatic hydroxyl groups excluding tert-OH is 1. The van der Waals surface area contributed by atoms with E-state index in [1.165, 1.54) is 40.7 Å². The lowest BCUT2D eigenvalue weighted by atomic mass is 9.61. The third-order valence-electron chi connectivity index (χ3n) is 9.69. The molecule has 0 radical (unpaired) electrons. The number of carbonyl (C=O) groups is 6. The van der Waals surface area contributed by atoms with Crippen LogP contribution in [0.1, 0.15) is 81.6 Å². The van der Waals surface area contributed by atoms with Gasteiger partial charge in [-0.25, -0.2) is 0 Å². The number of ketones is 1. The number of aliphatic hydroxyl groups is 2. The summed E-state index contributed by atoms with van der Waals surface area (Å²) in [6.45, 7) is 11.6. The zero-order chi connectivity index (χ0) is 33.6. The van der Waals surface area contributed by atoms with Gasteiger partial charge in [-0.3, -0.25) is 28.8 Å². The van der Waals surface area contributed by atoms with Crippen molar-refractivity contribution >= 4 is 35.6 Å². The third-order valence-corrected chi connectivity index (χ3v) is 9.69. The Hall–Kier alpha value is -3.32. The maximum Gasteiger partial charge on any atom is 0.305 e. The highest BCUT2D eigenvalue weighted by atomic mass is 16.6. The largest absolute Gasteiger partial charge is 0.461 e. The molecule has 0 aromatic rings. The molecule has 0 aromatic carbocycles. The Kier molecular flexibility index (Phi) is 9.77. The number of Topliss-reactive ketones (excluding diaryl/α,β-unsaturated/α-hetero) is 1. The number of allylic oxidation sites excluding steroid dienone is 1. The Balaban J connectivity index is 2.51. The van der Waals surface area contributed by atoms with E-state index in [2.05, 4.69) is 0 Å². The predicted molar refractivity (Wildman–Crippen MR) is 150 cm³/mol. The van der Waals surface area contributed by atoms with Gasteiger partial charge in [-0.15, -0.1) is 0 Å². The second-order valence-corrected chi connectivity index (χ2v) is 12.8. The lowest BCUT2D eigenvalue weighted by Crippen LogP contribution is -2.69. The molecule has 13 heteroatoms. The van der Waals surface area contributed by atoms with Crippen molar-refractivity contribution in [2.24, 2.45) is 22.7 Å². The standard InChI is InChI=1S/C31H44O13/c1-10-23(38)43-25(26(41-17(4)34)31(39)21(15(2)32)14-22(37)28(31,7)8)30-13-11-12-20(24(30)40-16(3)33)29(9,44-19(6)36)27(30)42-18(5)35/h11,13,20-22,24-27,37,39H,10,12,14H2,1-9H3/t20-,21+,22+,24-,25-,26-,27+,29+,30+,31+/m1/s1. The number of fused-ring (bicyclic) bond motifs is 2. The number of rotatable bonds is 10. The molecule has 2 N–H and O–H groups in total. The second-order valence-electron chi connectivity index (χ2n) is 12.8. The van der Waals surface area contributed by atoms with Gasteiger partial charge >= 0.3 is 29.8 Å². The molecule has 44 heavy (non-hydrogen) atoms. The van der Waals surface area contributed by atoms with Crippen molar-refractivity contribution in [2.45, 2.75) is 123 Å². The van der Waals surface area contributed by atoms with Crippen LogP contribution in [0.3, 0.4) is 0 Å². The number of ether oxygens (including phenoxy) is 5. The minimum absolute atomic E-state index is 0.165. The van der Waals surface area contributed by atoms with Gasteiger partial charge in [-0.2, -0.15) is 0 Å². The van der Waals surface area contributed by atoms with E-state index in [0.717, 1.165) is 27.7 Å². The fourth-order valence-corrected chi connectivity index (χ4v) is 7.71. The van der Waals surface area contributed by atoms with Crippen molar-refractivity contribution in [3.8, 4) is 0 Å². The molecular formula is C31H44O13. The maximum absolute atomic E-state index is 13.2. The van der Waals surface area contributed by atoms with E-state index >= 15 is 0 Å². The molecule has 10 atom stereocenters. The summed E-state index contributed by atoms with van der Waals surface area (Å²) in [5.74, 6) is -6.81. The SMILES string of the molecule is CCC(=O)O[C@H]([C@@H](OC(C)=O)[C@@]1(O)[C@H](C(C)=O)C[C@H](O)C1(C)C)[C@]12C=CC[C@H]([C@H]1OC(C)=O)[C@](C)(OC(C)=O)[C@@H]2OC(C)=O. The molecule has 0 spiro atoms. The molecule has 3 aliphatic rings. The summed E-state index contributed by atoms with van der Waals surface area (Å²) in [5, 5.41) is 23.8. The second kappa shape index (κ2) is 12.2. The van der Waals surface area contributed by atoms with Crippen LogP contribution in [0.15, 0.2) is 12.2 Å². The minimum atomic E-state index is -2.37. The summed E-state index contributed by atoms with van der Waals surface area (Å²) >= 11 is 0. The van der Waals surface area contributed by atoms with Gasteiger partial charge in [0.05, 0.1) is 12.0 Å². The molecule has 2 saturated carbocycles. The first-order valence-electron chi connectivity index (χ1n) is 14.7. The van der Waals surface area contributed by atoms with Crippen molar-refractivity contribution in [3.63, 3.8) is 0 Å². The summed E-state index contributed by atoms with van der Waals surface area (Å²) in [5.41, 5.74) is -7.54. The van der Waals surface area contributed by atoms with Gasteiger partial charge in [0.1, 0.15) is 22.9 Å². The molecule has 0 aliphatic heterocycles. The van der Waals surface area contributed by atoms with Crippen LogP contribution in [0.25, 0.3) is 0 Å². The topological polar surface area (TPSA) is 189 Å². The van der Waals surface area contributed by atoms with E-state index in [1.807, 2.05) is 0 Å². The van der Waals surface area contributed by atoms with Crippen molar-refractivity contribution < 1.29 is 62.7 Å². The number of esters is 5. The van der Waals surface area contributed by atoms with Gasteiger partial charge in [-0.05, 0) is 26.7 Å². The van der Waals surface area contributed by atoms with Gasteiger partial charge < -0.3 is 33.9 Å². The molecule has 0 heterocycles. The first-order chi connectivity index (χ1) is 20.2. The summed E-state index contributed by atoms with van der Waals surface area (Å²) in [4.78, 5) is 76.8. The Labute approximate surface area is 256 Å². The van der Waals surface area contributed by atoms with Crippen LogP contribution in [0.4, 0.5) is 0 Å². The minimum Gasteiger partial charge on any atom is -0.461 e. The van der Waals surface area contributed by atoms with Crippen LogP contribution < -0.4 is 0 Å². The monoisotopic (exact) mass is 624 g/mol. The van der Waals surface area contributed by atoms with Crippen molar-refractivity contribution in [1.29, 1.82) is 0 Å². The van der Waals surface area contributed by atoms with E-state index in [0.29, 0.717) is 0 Å². The Bertz CT molecular complexity index is 1240. The molecule has 0 unspecified atom stereocenters. The highest BCUT2D eigenvalue weighted by Gasteiger charge is 2.78. The zero-order valence-corrected chi connectivity index (χ0v) is 26.7. The van der Waals surface area contributed by atoms with Crippen LogP contribution in [-0.4, -0.2) is 87.6 Å². The molecular weight excluding hydrogens is 580 g/mol.